The third kappa shape index (κ3) is 2.30. The van der Waals surface area contributed by atoms with Crippen molar-refractivity contribution in [1.29, 1.82) is 0 Å². The number of hydrogen-bond donors (Lipinski definition) is 3. The molecule has 0 spiro atoms. The highest BCUT2D eigenvalue weighted by Crippen LogP contribution is 2.14. The number of nitrogen functional groups attached to an aromatic ring is 1. The Balaban J connectivity index is 2.03. The highest BCUT2D eigenvalue weighted by Gasteiger charge is 2.13. The first kappa shape index (κ1) is 11.3. The molecule has 2 aromatic rings. The van der Waals surface area contributed by atoms with Crippen molar-refractivity contribution in [1.82, 2.24) is 15.5 Å². The zero-order valence-electron chi connectivity index (χ0n) is 9.70. The number of H-pyrrole nitrogens is 1. The lowest BCUT2D eigenvalue weighted by Gasteiger charge is -2.02. The van der Waals surface area contributed by atoms with Gasteiger partial charge in [-0.15, -0.1) is 0 Å². The monoisotopic (exact) mass is 234 g/mol. The fourth-order valence-electron chi connectivity index (χ4n) is 1.59. The number of amides is 1. The molecular weight excluding hydrogens is 220 g/mol. The van der Waals surface area contributed by atoms with Crippen molar-refractivity contribution in [2.24, 2.45) is 0 Å². The molecule has 2 rings (SSSR count). The predicted octanol–water partition coefficient (Wildman–Crippen LogP) is 1.13. The van der Waals surface area contributed by atoms with Crippen molar-refractivity contribution in [2.75, 3.05) is 5.73 Å². The van der Waals surface area contributed by atoms with Gasteiger partial charge in [0.05, 0.1) is 11.8 Å². The molecule has 0 atom stereocenters. The molecule has 90 valence electrons. The van der Waals surface area contributed by atoms with E-state index in [-0.39, 0.29) is 5.91 Å². The van der Waals surface area contributed by atoms with Crippen LogP contribution in [0.3, 0.4) is 0 Å². The summed E-state index contributed by atoms with van der Waals surface area (Å²) < 4.78 is 5.29. The fourth-order valence-corrected chi connectivity index (χ4v) is 1.59. The smallest absolute Gasteiger partial charge is 0.255 e. The van der Waals surface area contributed by atoms with Crippen LogP contribution in [0.2, 0.25) is 0 Å². The van der Waals surface area contributed by atoms with E-state index in [1.165, 1.54) is 0 Å². The minimum Gasteiger partial charge on any atom is -0.466 e. The Morgan fingerprint density at radius 3 is 2.88 bits per heavy atom. The molecule has 0 aliphatic heterocycles. The van der Waals surface area contributed by atoms with Crippen molar-refractivity contribution in [3.63, 3.8) is 0 Å². The van der Waals surface area contributed by atoms with E-state index in [9.17, 15) is 4.79 Å². The van der Waals surface area contributed by atoms with Crippen LogP contribution < -0.4 is 11.1 Å². The molecule has 2 heterocycles. The molecule has 0 saturated heterocycles. The summed E-state index contributed by atoms with van der Waals surface area (Å²) >= 11 is 0. The van der Waals surface area contributed by atoms with Crippen LogP contribution in [0.1, 0.15) is 27.4 Å². The summed E-state index contributed by atoms with van der Waals surface area (Å²) in [6.07, 6.45) is 1.59. The Labute approximate surface area is 98.2 Å². The summed E-state index contributed by atoms with van der Waals surface area (Å²) in [5.41, 5.74) is 6.92. The molecule has 0 saturated carbocycles. The quantitative estimate of drug-likeness (QED) is 0.741. The number of aryl methyl sites for hydroxylation is 2. The average molecular weight is 234 g/mol. The first-order valence-corrected chi connectivity index (χ1v) is 5.21. The summed E-state index contributed by atoms with van der Waals surface area (Å²) in [6.45, 7) is 3.90. The molecule has 0 aliphatic carbocycles. The van der Waals surface area contributed by atoms with Gasteiger partial charge in [-0.2, -0.15) is 5.10 Å². The summed E-state index contributed by atoms with van der Waals surface area (Å²) in [6, 6.07) is 1.71. The van der Waals surface area contributed by atoms with E-state index >= 15 is 0 Å². The van der Waals surface area contributed by atoms with E-state index in [4.69, 9.17) is 10.2 Å². The molecule has 2 aromatic heterocycles. The van der Waals surface area contributed by atoms with Crippen molar-refractivity contribution >= 4 is 11.7 Å². The second-order valence-electron chi connectivity index (χ2n) is 3.82. The van der Waals surface area contributed by atoms with E-state index < -0.39 is 0 Å². The number of carbonyl (C=O) groups is 1. The van der Waals surface area contributed by atoms with Crippen LogP contribution in [0.25, 0.3) is 0 Å². The summed E-state index contributed by atoms with van der Waals surface area (Å²) in [5, 5.41) is 9.14. The SMILES string of the molecule is Cc1cc(C(=O)NCc2cn[nH]c2N)c(C)o1. The molecule has 4 N–H and O–H groups in total. The minimum atomic E-state index is -0.181. The number of nitrogens with two attached hydrogens (primary N) is 1. The highest BCUT2D eigenvalue weighted by atomic mass is 16.3. The molecule has 0 unspecified atom stereocenters. The Kier molecular flexibility index (Phi) is 2.86. The summed E-state index contributed by atoms with van der Waals surface area (Å²) in [5.74, 6) is 1.61. The molecule has 0 bridgehead atoms. The third-order valence-electron chi connectivity index (χ3n) is 2.48. The van der Waals surface area contributed by atoms with Crippen LogP contribution in [-0.4, -0.2) is 16.1 Å². The molecular formula is C11H14N4O2. The number of hydrogen-bond acceptors (Lipinski definition) is 4. The zero-order chi connectivity index (χ0) is 12.4. The maximum absolute atomic E-state index is 11.8. The number of rotatable bonds is 3. The van der Waals surface area contributed by atoms with Crippen LogP contribution in [0.15, 0.2) is 16.7 Å². The van der Waals surface area contributed by atoms with E-state index in [1.807, 2.05) is 0 Å². The van der Waals surface area contributed by atoms with Gasteiger partial charge in [0.1, 0.15) is 17.3 Å². The van der Waals surface area contributed by atoms with E-state index in [0.717, 1.165) is 11.3 Å². The molecule has 17 heavy (non-hydrogen) atoms. The molecule has 0 aliphatic rings. The Bertz CT molecular complexity index is 541. The minimum absolute atomic E-state index is 0.181. The highest BCUT2D eigenvalue weighted by molar-refractivity contribution is 5.95. The van der Waals surface area contributed by atoms with E-state index in [2.05, 4.69) is 15.5 Å². The number of anilines is 1. The Hall–Kier alpha value is -2.24. The molecule has 0 radical (unpaired) electrons. The number of nitrogens with zero attached hydrogens (tertiary/aromatic N) is 1. The topological polar surface area (TPSA) is 96.9 Å². The number of carbonyl (C=O) groups excluding carboxylic acids is 1. The van der Waals surface area contributed by atoms with Gasteiger partial charge in [-0.25, -0.2) is 0 Å². The van der Waals surface area contributed by atoms with Crippen molar-refractivity contribution in [3.8, 4) is 0 Å². The van der Waals surface area contributed by atoms with Crippen molar-refractivity contribution < 1.29 is 9.21 Å². The van der Waals surface area contributed by atoms with Crippen molar-refractivity contribution in [3.05, 3.63) is 34.9 Å². The maximum Gasteiger partial charge on any atom is 0.255 e. The first-order valence-electron chi connectivity index (χ1n) is 5.21. The van der Waals surface area contributed by atoms with Gasteiger partial charge in [-0.1, -0.05) is 0 Å². The number of aromatic amines is 1. The van der Waals surface area contributed by atoms with Gasteiger partial charge < -0.3 is 15.5 Å². The van der Waals surface area contributed by atoms with Gasteiger partial charge >= 0.3 is 0 Å². The second kappa shape index (κ2) is 4.32. The van der Waals surface area contributed by atoms with Gasteiger partial charge in [0.2, 0.25) is 0 Å². The lowest BCUT2D eigenvalue weighted by atomic mass is 10.2. The maximum atomic E-state index is 11.8. The van der Waals surface area contributed by atoms with Crippen LogP contribution in [-0.2, 0) is 6.54 Å². The lowest BCUT2D eigenvalue weighted by molar-refractivity contribution is 0.0949. The normalized spacial score (nSPS) is 10.5. The van der Waals surface area contributed by atoms with Gasteiger partial charge in [-0.05, 0) is 19.9 Å². The molecule has 0 aromatic carbocycles. The Morgan fingerprint density at radius 2 is 2.35 bits per heavy atom. The standard InChI is InChI=1S/C11H14N4O2/c1-6-3-9(7(2)17-6)11(16)13-4-8-5-14-15-10(8)12/h3,5H,4H2,1-2H3,(H,13,16)(H3,12,14,15). The Morgan fingerprint density at radius 1 is 1.59 bits per heavy atom. The predicted molar refractivity (Wildman–Crippen MR) is 62.4 cm³/mol. The van der Waals surface area contributed by atoms with Crippen LogP contribution >= 0.6 is 0 Å². The second-order valence-corrected chi connectivity index (χ2v) is 3.82. The van der Waals surface area contributed by atoms with Gasteiger partial charge in [0, 0.05) is 12.1 Å². The molecule has 1 amide bonds. The lowest BCUT2D eigenvalue weighted by Crippen LogP contribution is -2.23. The number of furan rings is 1. The van der Waals surface area contributed by atoms with Crippen LogP contribution in [0, 0.1) is 13.8 Å². The van der Waals surface area contributed by atoms with E-state index in [1.54, 1.807) is 26.1 Å². The number of aromatic nitrogens is 2. The van der Waals surface area contributed by atoms with E-state index in [0.29, 0.717) is 23.7 Å². The van der Waals surface area contributed by atoms with Crippen LogP contribution in [0.4, 0.5) is 5.82 Å². The molecule has 6 heteroatoms. The molecule has 0 fully saturated rings. The number of nitrogens with one attached hydrogen (secondary N) is 2. The third-order valence-corrected chi connectivity index (χ3v) is 2.48. The average Bonchev–Trinajstić information content (AvgIpc) is 2.81. The summed E-state index contributed by atoms with van der Waals surface area (Å²) in [7, 11) is 0. The largest absolute Gasteiger partial charge is 0.466 e. The van der Waals surface area contributed by atoms with Gasteiger partial charge in [0.15, 0.2) is 0 Å². The summed E-state index contributed by atoms with van der Waals surface area (Å²) in [4.78, 5) is 11.8. The van der Waals surface area contributed by atoms with Crippen molar-refractivity contribution in [2.45, 2.75) is 20.4 Å². The zero-order valence-corrected chi connectivity index (χ0v) is 9.70. The fraction of sp³-hybridized carbons (Fsp3) is 0.273. The molecule has 6 nitrogen and oxygen atoms in total. The van der Waals surface area contributed by atoms with Gasteiger partial charge in [-0.3, -0.25) is 9.89 Å². The van der Waals surface area contributed by atoms with Crippen LogP contribution in [0.5, 0.6) is 0 Å². The first-order chi connectivity index (χ1) is 8.08. The van der Waals surface area contributed by atoms with Gasteiger partial charge in [0.25, 0.3) is 5.91 Å².